The zero-order valence-electron chi connectivity index (χ0n) is 11.1. The summed E-state index contributed by atoms with van der Waals surface area (Å²) < 4.78 is 0. The third kappa shape index (κ3) is 2.52. The van der Waals surface area contributed by atoms with E-state index in [9.17, 15) is 0 Å². The first-order valence-corrected chi connectivity index (χ1v) is 9.28. The number of aryl methyl sites for hydroxylation is 2. The van der Waals surface area contributed by atoms with Crippen LogP contribution in [0.1, 0.15) is 11.1 Å². The second-order valence-corrected chi connectivity index (χ2v) is 9.77. The van der Waals surface area contributed by atoms with Crippen molar-refractivity contribution in [1.29, 1.82) is 0 Å². The SMILES string of the molecule is Cc1cccc(C)c1N[Si](C)(C)C1C=CC=C1. The molecule has 0 atom stereocenters. The Morgan fingerprint density at radius 1 is 1.00 bits per heavy atom. The van der Waals surface area contributed by atoms with E-state index in [1.165, 1.54) is 16.8 Å². The van der Waals surface area contributed by atoms with Gasteiger partial charge in [-0.1, -0.05) is 55.6 Å². The molecule has 0 saturated heterocycles. The minimum absolute atomic E-state index is 0.599. The Hall–Kier alpha value is -1.28. The highest BCUT2D eigenvalue weighted by atomic mass is 28.3. The molecule has 0 bridgehead atoms. The molecule has 1 aliphatic carbocycles. The molecule has 0 unspecified atom stereocenters. The van der Waals surface area contributed by atoms with E-state index < -0.39 is 8.24 Å². The van der Waals surface area contributed by atoms with Crippen LogP contribution in [0.5, 0.6) is 0 Å². The van der Waals surface area contributed by atoms with E-state index in [1.807, 2.05) is 0 Å². The van der Waals surface area contributed by atoms with Gasteiger partial charge in [0.25, 0.3) is 0 Å². The largest absolute Gasteiger partial charge is 0.409 e. The highest BCUT2D eigenvalue weighted by Gasteiger charge is 2.30. The van der Waals surface area contributed by atoms with Crippen LogP contribution in [-0.4, -0.2) is 8.24 Å². The summed E-state index contributed by atoms with van der Waals surface area (Å²) in [5.41, 5.74) is 4.62. The van der Waals surface area contributed by atoms with Gasteiger partial charge in [0, 0.05) is 11.2 Å². The molecule has 0 saturated carbocycles. The van der Waals surface area contributed by atoms with Crippen LogP contribution in [0.3, 0.4) is 0 Å². The summed E-state index contributed by atoms with van der Waals surface area (Å²) in [6, 6.07) is 6.49. The second kappa shape index (κ2) is 4.53. The van der Waals surface area contributed by atoms with Crippen molar-refractivity contribution in [2.75, 3.05) is 4.98 Å². The van der Waals surface area contributed by atoms with E-state index in [1.54, 1.807) is 0 Å². The number of allylic oxidation sites excluding steroid dienone is 4. The molecule has 1 aliphatic rings. The van der Waals surface area contributed by atoms with E-state index in [0.717, 1.165) is 0 Å². The summed E-state index contributed by atoms with van der Waals surface area (Å²) in [5.74, 6) is 0. The van der Waals surface area contributed by atoms with Gasteiger partial charge >= 0.3 is 0 Å². The first kappa shape index (κ1) is 12.2. The predicted octanol–water partition coefficient (Wildman–Crippen LogP) is 4.42. The molecule has 1 aromatic carbocycles. The van der Waals surface area contributed by atoms with Gasteiger partial charge in [-0.25, -0.2) is 0 Å². The molecule has 0 fully saturated rings. The molecule has 0 aliphatic heterocycles. The lowest BCUT2D eigenvalue weighted by atomic mass is 10.1. The lowest BCUT2D eigenvalue weighted by Gasteiger charge is -2.31. The zero-order valence-corrected chi connectivity index (χ0v) is 12.1. The fraction of sp³-hybridized carbons (Fsp3) is 0.333. The number of hydrogen-bond donors (Lipinski definition) is 1. The smallest absolute Gasteiger partial charge is 0.158 e. The lowest BCUT2D eigenvalue weighted by molar-refractivity contribution is 1.27. The van der Waals surface area contributed by atoms with Crippen LogP contribution >= 0.6 is 0 Å². The van der Waals surface area contributed by atoms with Gasteiger partial charge in [0.2, 0.25) is 0 Å². The predicted molar refractivity (Wildman–Crippen MR) is 79.1 cm³/mol. The Morgan fingerprint density at radius 3 is 2.06 bits per heavy atom. The van der Waals surface area contributed by atoms with Crippen LogP contribution in [0, 0.1) is 13.8 Å². The van der Waals surface area contributed by atoms with Crippen molar-refractivity contribution in [2.45, 2.75) is 32.5 Å². The molecule has 1 aromatic rings. The van der Waals surface area contributed by atoms with Crippen LogP contribution in [0.15, 0.2) is 42.5 Å². The van der Waals surface area contributed by atoms with E-state index in [-0.39, 0.29) is 0 Å². The van der Waals surface area contributed by atoms with Crippen molar-refractivity contribution < 1.29 is 0 Å². The van der Waals surface area contributed by atoms with Gasteiger partial charge in [-0.3, -0.25) is 0 Å². The molecule has 1 N–H and O–H groups in total. The fourth-order valence-corrected chi connectivity index (χ4v) is 4.72. The van der Waals surface area contributed by atoms with Crippen molar-refractivity contribution in [3.05, 3.63) is 53.6 Å². The minimum Gasteiger partial charge on any atom is -0.409 e. The Kier molecular flexibility index (Phi) is 3.25. The normalized spacial score (nSPS) is 15.5. The van der Waals surface area contributed by atoms with Crippen molar-refractivity contribution in [1.82, 2.24) is 0 Å². The maximum Gasteiger partial charge on any atom is 0.158 e. The van der Waals surface area contributed by atoms with E-state index in [4.69, 9.17) is 0 Å². The van der Waals surface area contributed by atoms with Crippen molar-refractivity contribution in [3.8, 4) is 0 Å². The number of nitrogens with one attached hydrogen (secondary N) is 1. The van der Waals surface area contributed by atoms with Gasteiger partial charge in [0.1, 0.15) is 0 Å². The highest BCUT2D eigenvalue weighted by molar-refractivity contribution is 6.82. The number of rotatable bonds is 3. The second-order valence-electron chi connectivity index (χ2n) is 5.41. The number of para-hydroxylation sites is 1. The first-order chi connectivity index (χ1) is 8.00. The monoisotopic (exact) mass is 243 g/mol. The van der Waals surface area contributed by atoms with Crippen LogP contribution in [0.2, 0.25) is 18.6 Å². The van der Waals surface area contributed by atoms with Gasteiger partial charge in [-0.2, -0.15) is 0 Å². The highest BCUT2D eigenvalue weighted by Crippen LogP contribution is 2.31. The van der Waals surface area contributed by atoms with E-state index >= 15 is 0 Å². The molecule has 90 valence electrons. The van der Waals surface area contributed by atoms with Crippen LogP contribution in [0.4, 0.5) is 5.69 Å². The van der Waals surface area contributed by atoms with Crippen molar-refractivity contribution in [3.63, 3.8) is 0 Å². The minimum atomic E-state index is -1.50. The Bertz CT molecular complexity index is 440. The van der Waals surface area contributed by atoms with Crippen molar-refractivity contribution >= 4 is 13.9 Å². The summed E-state index contributed by atoms with van der Waals surface area (Å²) in [5, 5.41) is 0. The third-order valence-electron chi connectivity index (χ3n) is 3.51. The molecule has 1 nitrogen and oxygen atoms in total. The standard InChI is InChI=1S/C15H21NSi/c1-12-8-7-9-13(2)15(12)16-17(3,4)14-10-5-6-11-14/h5-11,14,16H,1-4H3. The topological polar surface area (TPSA) is 12.0 Å². The van der Waals surface area contributed by atoms with E-state index in [2.05, 4.69) is 74.4 Å². The molecule has 0 radical (unpaired) electrons. The van der Waals surface area contributed by atoms with Crippen LogP contribution < -0.4 is 4.98 Å². The summed E-state index contributed by atoms with van der Waals surface area (Å²) in [4.78, 5) is 3.83. The van der Waals surface area contributed by atoms with Gasteiger partial charge in [0.05, 0.1) is 0 Å². The summed E-state index contributed by atoms with van der Waals surface area (Å²) in [6.45, 7) is 9.15. The molecular formula is C15H21NSi. The Labute approximate surface area is 105 Å². The Balaban J connectivity index is 2.25. The van der Waals surface area contributed by atoms with Crippen LogP contribution in [0.25, 0.3) is 0 Å². The fourth-order valence-electron chi connectivity index (χ4n) is 2.33. The summed E-state index contributed by atoms with van der Waals surface area (Å²) in [6.07, 6.45) is 8.94. The zero-order chi connectivity index (χ0) is 12.5. The third-order valence-corrected chi connectivity index (χ3v) is 6.46. The molecule has 2 rings (SSSR count). The molecule has 2 heteroatoms. The number of hydrogen-bond acceptors (Lipinski definition) is 1. The van der Waals surface area contributed by atoms with Gasteiger partial charge in [-0.05, 0) is 25.0 Å². The summed E-state index contributed by atoms with van der Waals surface area (Å²) in [7, 11) is -1.50. The summed E-state index contributed by atoms with van der Waals surface area (Å²) >= 11 is 0. The van der Waals surface area contributed by atoms with Gasteiger partial charge in [0.15, 0.2) is 8.24 Å². The molecular weight excluding hydrogens is 222 g/mol. The van der Waals surface area contributed by atoms with Gasteiger partial charge in [-0.15, -0.1) is 0 Å². The molecule has 0 aromatic heterocycles. The van der Waals surface area contributed by atoms with E-state index in [0.29, 0.717) is 5.54 Å². The average Bonchev–Trinajstić information content (AvgIpc) is 2.77. The lowest BCUT2D eigenvalue weighted by Crippen LogP contribution is -2.40. The average molecular weight is 243 g/mol. The number of benzene rings is 1. The molecule has 0 amide bonds. The van der Waals surface area contributed by atoms with Crippen molar-refractivity contribution in [2.24, 2.45) is 0 Å². The molecule has 0 spiro atoms. The first-order valence-electron chi connectivity index (χ1n) is 6.20. The van der Waals surface area contributed by atoms with Gasteiger partial charge < -0.3 is 4.98 Å². The quantitative estimate of drug-likeness (QED) is 0.775. The van der Waals surface area contributed by atoms with Crippen LogP contribution in [-0.2, 0) is 0 Å². The molecule has 17 heavy (non-hydrogen) atoms. The maximum atomic E-state index is 3.83. The molecule has 0 heterocycles. The maximum absolute atomic E-state index is 3.83. The Morgan fingerprint density at radius 2 is 1.53 bits per heavy atom. The number of anilines is 1.